The zero-order valence-corrected chi connectivity index (χ0v) is 12.7. The van der Waals surface area contributed by atoms with E-state index in [4.69, 9.17) is 0 Å². The molecule has 1 aromatic rings. The Hall–Kier alpha value is -1.35. The number of aryl methyl sites for hydroxylation is 1. The fourth-order valence-corrected chi connectivity index (χ4v) is 3.20. The lowest BCUT2D eigenvalue weighted by Crippen LogP contribution is -2.43. The van der Waals surface area contributed by atoms with E-state index in [0.29, 0.717) is 0 Å². The molecule has 0 saturated heterocycles. The first kappa shape index (κ1) is 15.0. The van der Waals surface area contributed by atoms with Gasteiger partial charge in [-0.1, -0.05) is 42.7 Å². The predicted octanol–water partition coefficient (Wildman–Crippen LogP) is 2.53. The van der Waals surface area contributed by atoms with Crippen LogP contribution in [0.25, 0.3) is 0 Å². The first-order valence-corrected chi connectivity index (χ1v) is 7.69. The molecule has 1 aliphatic carbocycles. The molecule has 3 nitrogen and oxygen atoms in total. The summed E-state index contributed by atoms with van der Waals surface area (Å²) in [5, 5.41) is 6.25. The summed E-state index contributed by atoms with van der Waals surface area (Å²) in [6.45, 7) is 3.79. The van der Waals surface area contributed by atoms with E-state index in [9.17, 15) is 4.79 Å². The lowest BCUT2D eigenvalue weighted by atomic mass is 9.77. The van der Waals surface area contributed by atoms with Crippen LogP contribution in [-0.2, 0) is 10.2 Å². The van der Waals surface area contributed by atoms with Crippen LogP contribution in [-0.4, -0.2) is 26.0 Å². The Balaban J connectivity index is 2.11. The summed E-state index contributed by atoms with van der Waals surface area (Å²) in [6.07, 6.45) is 5.24. The highest BCUT2D eigenvalue weighted by atomic mass is 16.2. The highest BCUT2D eigenvalue weighted by molar-refractivity contribution is 5.88. The van der Waals surface area contributed by atoms with Gasteiger partial charge in [-0.3, -0.25) is 4.79 Å². The molecule has 1 saturated carbocycles. The van der Waals surface area contributed by atoms with Crippen molar-refractivity contribution in [1.82, 2.24) is 10.6 Å². The normalized spacial score (nSPS) is 17.1. The van der Waals surface area contributed by atoms with Gasteiger partial charge in [-0.2, -0.15) is 0 Å². The number of rotatable bonds is 6. The van der Waals surface area contributed by atoms with Gasteiger partial charge >= 0.3 is 0 Å². The Morgan fingerprint density at radius 3 is 2.65 bits per heavy atom. The van der Waals surface area contributed by atoms with Gasteiger partial charge in [0.2, 0.25) is 5.91 Å². The fraction of sp³-hybridized carbons (Fsp3) is 0.588. The highest BCUT2D eigenvalue weighted by Crippen LogP contribution is 2.41. The van der Waals surface area contributed by atoms with Crippen LogP contribution < -0.4 is 10.6 Å². The molecule has 1 amide bonds. The van der Waals surface area contributed by atoms with Gasteiger partial charge in [0, 0.05) is 6.54 Å². The number of hydrogen-bond donors (Lipinski definition) is 2. The van der Waals surface area contributed by atoms with E-state index < -0.39 is 0 Å². The SMILES string of the molecule is CNCCCNC(=O)C1(c2cccc(C)c2)CCCC1. The van der Waals surface area contributed by atoms with Crippen LogP contribution in [0, 0.1) is 6.92 Å². The standard InChI is InChI=1S/C17H26N2O/c1-14-7-5-8-15(13-14)17(9-3-4-10-17)16(20)19-12-6-11-18-2/h5,7-8,13,18H,3-4,6,9-12H2,1-2H3,(H,19,20). The van der Waals surface area contributed by atoms with Gasteiger partial charge in [-0.15, -0.1) is 0 Å². The third-order valence-corrected chi connectivity index (χ3v) is 4.35. The molecule has 0 aromatic heterocycles. The van der Waals surface area contributed by atoms with E-state index in [-0.39, 0.29) is 11.3 Å². The zero-order chi connectivity index (χ0) is 14.4. The first-order valence-electron chi connectivity index (χ1n) is 7.69. The average Bonchev–Trinajstić information content (AvgIpc) is 2.94. The molecule has 1 fully saturated rings. The van der Waals surface area contributed by atoms with Crippen molar-refractivity contribution in [2.24, 2.45) is 0 Å². The van der Waals surface area contributed by atoms with Gasteiger partial charge in [0.25, 0.3) is 0 Å². The fourth-order valence-electron chi connectivity index (χ4n) is 3.20. The molecular weight excluding hydrogens is 248 g/mol. The number of amides is 1. The molecule has 0 heterocycles. The molecule has 1 aromatic carbocycles. The monoisotopic (exact) mass is 274 g/mol. The number of hydrogen-bond acceptors (Lipinski definition) is 2. The summed E-state index contributed by atoms with van der Waals surface area (Å²) in [5.41, 5.74) is 2.14. The molecule has 0 bridgehead atoms. The number of nitrogens with one attached hydrogen (secondary N) is 2. The van der Waals surface area contributed by atoms with E-state index in [1.54, 1.807) is 0 Å². The minimum atomic E-state index is -0.286. The number of carbonyl (C=O) groups is 1. The molecular formula is C17H26N2O. The smallest absolute Gasteiger partial charge is 0.230 e. The minimum Gasteiger partial charge on any atom is -0.355 e. The maximum Gasteiger partial charge on any atom is 0.230 e. The van der Waals surface area contributed by atoms with E-state index in [1.165, 1.54) is 11.1 Å². The number of carbonyl (C=O) groups excluding carboxylic acids is 1. The van der Waals surface area contributed by atoms with Crippen molar-refractivity contribution in [2.45, 2.75) is 44.4 Å². The molecule has 0 unspecified atom stereocenters. The van der Waals surface area contributed by atoms with Gasteiger partial charge in [0.05, 0.1) is 5.41 Å². The van der Waals surface area contributed by atoms with Crippen LogP contribution in [0.3, 0.4) is 0 Å². The van der Waals surface area contributed by atoms with Crippen LogP contribution >= 0.6 is 0 Å². The van der Waals surface area contributed by atoms with Crippen molar-refractivity contribution >= 4 is 5.91 Å². The second-order valence-electron chi connectivity index (χ2n) is 5.87. The molecule has 2 N–H and O–H groups in total. The summed E-state index contributed by atoms with van der Waals surface area (Å²) in [6, 6.07) is 8.46. The van der Waals surface area contributed by atoms with Crippen molar-refractivity contribution in [3.05, 3.63) is 35.4 Å². The summed E-state index contributed by atoms with van der Waals surface area (Å²) in [5.74, 6) is 0.219. The molecule has 1 aliphatic rings. The Morgan fingerprint density at radius 2 is 2.00 bits per heavy atom. The largest absolute Gasteiger partial charge is 0.355 e. The number of benzene rings is 1. The molecule has 0 aliphatic heterocycles. The van der Waals surface area contributed by atoms with Crippen molar-refractivity contribution in [3.63, 3.8) is 0 Å². The van der Waals surface area contributed by atoms with Gasteiger partial charge in [-0.25, -0.2) is 0 Å². The maximum absolute atomic E-state index is 12.7. The molecule has 2 rings (SSSR count). The first-order chi connectivity index (χ1) is 9.69. The third kappa shape index (κ3) is 3.21. The van der Waals surface area contributed by atoms with E-state index in [1.807, 2.05) is 7.05 Å². The minimum absolute atomic E-state index is 0.219. The van der Waals surface area contributed by atoms with Crippen LogP contribution in [0.4, 0.5) is 0 Å². The molecule has 20 heavy (non-hydrogen) atoms. The Kier molecular flexibility index (Phi) is 5.18. The van der Waals surface area contributed by atoms with Gasteiger partial charge in [-0.05, 0) is 45.3 Å². The van der Waals surface area contributed by atoms with Crippen LogP contribution in [0.15, 0.2) is 24.3 Å². The zero-order valence-electron chi connectivity index (χ0n) is 12.7. The van der Waals surface area contributed by atoms with Crippen LogP contribution in [0.2, 0.25) is 0 Å². The van der Waals surface area contributed by atoms with E-state index in [2.05, 4.69) is 41.8 Å². The Labute approximate surface area is 122 Å². The molecule has 3 heteroatoms. The van der Waals surface area contributed by atoms with Gasteiger partial charge in [0.15, 0.2) is 0 Å². The summed E-state index contributed by atoms with van der Waals surface area (Å²) < 4.78 is 0. The summed E-state index contributed by atoms with van der Waals surface area (Å²) in [7, 11) is 1.94. The van der Waals surface area contributed by atoms with Gasteiger partial charge < -0.3 is 10.6 Å². The Bertz CT molecular complexity index is 450. The molecule has 0 radical (unpaired) electrons. The topological polar surface area (TPSA) is 41.1 Å². The highest BCUT2D eigenvalue weighted by Gasteiger charge is 2.42. The van der Waals surface area contributed by atoms with Crippen molar-refractivity contribution < 1.29 is 4.79 Å². The quantitative estimate of drug-likeness (QED) is 0.783. The average molecular weight is 274 g/mol. The summed E-state index contributed by atoms with van der Waals surface area (Å²) in [4.78, 5) is 12.7. The lowest BCUT2D eigenvalue weighted by molar-refractivity contribution is -0.126. The van der Waals surface area contributed by atoms with Crippen LogP contribution in [0.1, 0.15) is 43.2 Å². The van der Waals surface area contributed by atoms with Crippen molar-refractivity contribution in [1.29, 1.82) is 0 Å². The van der Waals surface area contributed by atoms with Crippen molar-refractivity contribution in [3.8, 4) is 0 Å². The predicted molar refractivity (Wildman–Crippen MR) is 82.9 cm³/mol. The van der Waals surface area contributed by atoms with Crippen LogP contribution in [0.5, 0.6) is 0 Å². The molecule has 110 valence electrons. The molecule has 0 spiro atoms. The Morgan fingerprint density at radius 1 is 1.25 bits per heavy atom. The third-order valence-electron chi connectivity index (χ3n) is 4.35. The second kappa shape index (κ2) is 6.89. The van der Waals surface area contributed by atoms with E-state index >= 15 is 0 Å². The second-order valence-corrected chi connectivity index (χ2v) is 5.87. The van der Waals surface area contributed by atoms with E-state index in [0.717, 1.165) is 45.2 Å². The maximum atomic E-state index is 12.7. The molecule has 0 atom stereocenters. The summed E-state index contributed by atoms with van der Waals surface area (Å²) >= 11 is 0. The van der Waals surface area contributed by atoms with Crippen molar-refractivity contribution in [2.75, 3.05) is 20.1 Å². The van der Waals surface area contributed by atoms with Gasteiger partial charge in [0.1, 0.15) is 0 Å². The lowest BCUT2D eigenvalue weighted by Gasteiger charge is -2.28.